The van der Waals surface area contributed by atoms with Crippen LogP contribution < -0.4 is 5.32 Å². The average Bonchev–Trinajstić information content (AvgIpc) is 3.01. The molecule has 0 saturated heterocycles. The Morgan fingerprint density at radius 2 is 2.09 bits per heavy atom. The van der Waals surface area contributed by atoms with Crippen LogP contribution in [0.2, 0.25) is 0 Å². The largest absolute Gasteiger partial charge is 0.348 e. The topological polar surface area (TPSA) is 83.6 Å². The van der Waals surface area contributed by atoms with Crippen LogP contribution in [0.1, 0.15) is 24.4 Å². The molecule has 1 atom stereocenters. The molecule has 1 N–H and O–H groups in total. The molecule has 1 aromatic heterocycles. The highest BCUT2D eigenvalue weighted by Gasteiger charge is 2.12. The minimum Gasteiger partial charge on any atom is -0.348 e. The van der Waals surface area contributed by atoms with Crippen LogP contribution in [-0.4, -0.2) is 20.7 Å². The van der Waals surface area contributed by atoms with Crippen LogP contribution in [0.5, 0.6) is 0 Å². The smallest absolute Gasteiger partial charge is 0.240 e. The molecule has 3 rings (SSSR count). The van der Waals surface area contributed by atoms with Crippen molar-refractivity contribution in [1.82, 2.24) is 20.1 Å². The highest BCUT2D eigenvalue weighted by molar-refractivity contribution is 5.83. The molecule has 0 radical (unpaired) electrons. The van der Waals surface area contributed by atoms with Gasteiger partial charge in [0.15, 0.2) is 0 Å². The number of nitrogens with one attached hydrogen (secondary N) is 1. The van der Waals surface area contributed by atoms with Crippen molar-refractivity contribution in [1.29, 1.82) is 5.26 Å². The van der Waals surface area contributed by atoms with Gasteiger partial charge in [-0.15, -0.1) is 10.2 Å². The summed E-state index contributed by atoms with van der Waals surface area (Å²) >= 11 is 0. The van der Waals surface area contributed by atoms with E-state index in [4.69, 9.17) is 5.26 Å². The van der Waals surface area contributed by atoms with Crippen LogP contribution in [0, 0.1) is 11.3 Å². The van der Waals surface area contributed by atoms with Crippen molar-refractivity contribution in [2.45, 2.75) is 19.5 Å². The number of benzene rings is 2. The number of hydrogen-bond donors (Lipinski definition) is 1. The van der Waals surface area contributed by atoms with E-state index in [2.05, 4.69) is 27.6 Å². The van der Waals surface area contributed by atoms with Crippen molar-refractivity contribution in [2.75, 3.05) is 0 Å². The van der Waals surface area contributed by atoms with Crippen LogP contribution >= 0.6 is 0 Å². The number of fused-ring (bicyclic) bond motifs is 1. The number of aromatic nitrogens is 3. The molecule has 3 aromatic rings. The lowest BCUT2D eigenvalue weighted by Crippen LogP contribution is -2.30. The van der Waals surface area contributed by atoms with Gasteiger partial charge in [-0.05, 0) is 29.3 Å². The van der Waals surface area contributed by atoms with Crippen LogP contribution in [0.15, 0.2) is 48.8 Å². The quantitative estimate of drug-likeness (QED) is 0.800. The number of carbonyl (C=O) groups is 1. The third-order valence-electron chi connectivity index (χ3n) is 3.68. The molecule has 0 fully saturated rings. The van der Waals surface area contributed by atoms with Crippen molar-refractivity contribution in [3.05, 3.63) is 60.2 Å². The first-order valence-electron chi connectivity index (χ1n) is 7.23. The van der Waals surface area contributed by atoms with Gasteiger partial charge in [-0.3, -0.25) is 9.36 Å². The summed E-state index contributed by atoms with van der Waals surface area (Å²) < 4.78 is 1.42. The normalized spacial score (nSPS) is 11.8. The van der Waals surface area contributed by atoms with Gasteiger partial charge in [0.2, 0.25) is 11.7 Å². The molecule has 0 spiro atoms. The number of amides is 1. The first-order chi connectivity index (χ1) is 11.2. The summed E-state index contributed by atoms with van der Waals surface area (Å²) in [4.78, 5) is 12.1. The SMILES string of the molecule is CC(NC(=O)Cn1cnnc1C#N)c1ccc2ccccc2c1. The summed E-state index contributed by atoms with van der Waals surface area (Å²) in [7, 11) is 0. The Kier molecular flexibility index (Phi) is 4.02. The fourth-order valence-electron chi connectivity index (χ4n) is 2.46. The van der Waals surface area contributed by atoms with E-state index in [1.54, 1.807) is 0 Å². The van der Waals surface area contributed by atoms with Crippen LogP contribution in [-0.2, 0) is 11.3 Å². The Hall–Kier alpha value is -3.20. The summed E-state index contributed by atoms with van der Waals surface area (Å²) in [6.07, 6.45) is 1.37. The van der Waals surface area contributed by atoms with Crippen molar-refractivity contribution in [3.8, 4) is 6.07 Å². The fraction of sp³-hybridized carbons (Fsp3) is 0.176. The molecule has 0 saturated carbocycles. The number of rotatable bonds is 4. The van der Waals surface area contributed by atoms with Gasteiger partial charge in [-0.25, -0.2) is 0 Å². The molecule has 6 heteroatoms. The molecule has 23 heavy (non-hydrogen) atoms. The van der Waals surface area contributed by atoms with E-state index in [1.165, 1.54) is 10.9 Å². The second-order valence-electron chi connectivity index (χ2n) is 5.29. The van der Waals surface area contributed by atoms with E-state index < -0.39 is 0 Å². The van der Waals surface area contributed by atoms with Gasteiger partial charge in [0.25, 0.3) is 0 Å². The zero-order chi connectivity index (χ0) is 16.2. The third-order valence-corrected chi connectivity index (χ3v) is 3.68. The van der Waals surface area contributed by atoms with Gasteiger partial charge in [-0.2, -0.15) is 5.26 Å². The highest BCUT2D eigenvalue weighted by atomic mass is 16.2. The monoisotopic (exact) mass is 305 g/mol. The van der Waals surface area contributed by atoms with Gasteiger partial charge in [0.1, 0.15) is 18.9 Å². The third kappa shape index (κ3) is 3.19. The molecule has 0 aliphatic heterocycles. The van der Waals surface area contributed by atoms with E-state index in [9.17, 15) is 4.79 Å². The minimum atomic E-state index is -0.193. The molecule has 1 unspecified atom stereocenters. The second kappa shape index (κ2) is 6.28. The Labute approximate surface area is 133 Å². The van der Waals surface area contributed by atoms with Gasteiger partial charge in [-0.1, -0.05) is 36.4 Å². The Balaban J connectivity index is 1.71. The van der Waals surface area contributed by atoms with Crippen molar-refractivity contribution < 1.29 is 4.79 Å². The first kappa shape index (κ1) is 14.7. The molecule has 6 nitrogen and oxygen atoms in total. The number of nitrogens with zero attached hydrogens (tertiary/aromatic N) is 4. The Morgan fingerprint density at radius 1 is 1.30 bits per heavy atom. The van der Waals surface area contributed by atoms with Crippen molar-refractivity contribution in [3.63, 3.8) is 0 Å². The lowest BCUT2D eigenvalue weighted by atomic mass is 10.0. The molecule has 0 aliphatic carbocycles. The minimum absolute atomic E-state index is 0.0216. The van der Waals surface area contributed by atoms with E-state index in [-0.39, 0.29) is 24.3 Å². The average molecular weight is 305 g/mol. The number of nitriles is 1. The summed E-state index contributed by atoms with van der Waals surface area (Å²) in [5.41, 5.74) is 1.03. The molecular weight excluding hydrogens is 290 g/mol. The lowest BCUT2D eigenvalue weighted by Gasteiger charge is -2.15. The molecule has 1 amide bonds. The maximum Gasteiger partial charge on any atom is 0.240 e. The zero-order valence-electron chi connectivity index (χ0n) is 12.6. The maximum absolute atomic E-state index is 12.1. The first-order valence-corrected chi connectivity index (χ1v) is 7.23. The maximum atomic E-state index is 12.1. The molecule has 1 heterocycles. The van der Waals surface area contributed by atoms with Crippen LogP contribution in [0.4, 0.5) is 0 Å². The summed E-state index contributed by atoms with van der Waals surface area (Å²) in [6, 6.07) is 16.0. The number of carbonyl (C=O) groups excluding carboxylic acids is 1. The van der Waals surface area contributed by atoms with Gasteiger partial charge < -0.3 is 5.32 Å². The Bertz CT molecular complexity index is 893. The van der Waals surface area contributed by atoms with Crippen molar-refractivity contribution in [2.24, 2.45) is 0 Å². The summed E-state index contributed by atoms with van der Waals surface area (Å²) in [6.45, 7) is 1.95. The Morgan fingerprint density at radius 3 is 2.87 bits per heavy atom. The summed E-state index contributed by atoms with van der Waals surface area (Å²) in [5, 5.41) is 21.4. The van der Waals surface area contributed by atoms with E-state index >= 15 is 0 Å². The molecule has 2 aromatic carbocycles. The van der Waals surface area contributed by atoms with E-state index in [1.807, 2.05) is 43.3 Å². The number of hydrogen-bond acceptors (Lipinski definition) is 4. The van der Waals surface area contributed by atoms with E-state index in [0.717, 1.165) is 16.3 Å². The standard InChI is InChI=1S/C17H15N5O/c1-12(14-7-6-13-4-2-3-5-15(13)8-14)20-17(23)10-22-11-19-21-16(22)9-18/h2-8,11-12H,10H2,1H3,(H,20,23). The molecule has 0 aliphatic rings. The van der Waals surface area contributed by atoms with Gasteiger partial charge in [0, 0.05) is 0 Å². The van der Waals surface area contributed by atoms with Gasteiger partial charge in [0.05, 0.1) is 6.04 Å². The van der Waals surface area contributed by atoms with E-state index in [0.29, 0.717) is 0 Å². The predicted octanol–water partition coefficient (Wildman–Crippen LogP) is 2.18. The lowest BCUT2D eigenvalue weighted by molar-refractivity contribution is -0.122. The second-order valence-corrected chi connectivity index (χ2v) is 5.29. The van der Waals surface area contributed by atoms with Crippen LogP contribution in [0.25, 0.3) is 10.8 Å². The predicted molar refractivity (Wildman–Crippen MR) is 85.2 cm³/mol. The molecule has 114 valence electrons. The van der Waals surface area contributed by atoms with Crippen LogP contribution in [0.3, 0.4) is 0 Å². The molecule has 0 bridgehead atoms. The van der Waals surface area contributed by atoms with Crippen molar-refractivity contribution >= 4 is 16.7 Å². The van der Waals surface area contributed by atoms with Gasteiger partial charge >= 0.3 is 0 Å². The fourth-order valence-corrected chi connectivity index (χ4v) is 2.46. The molecular formula is C17H15N5O. The highest BCUT2D eigenvalue weighted by Crippen LogP contribution is 2.20. The zero-order valence-corrected chi connectivity index (χ0v) is 12.6. The summed E-state index contributed by atoms with van der Waals surface area (Å²) in [5.74, 6) is -0.0690.